The third-order valence-corrected chi connectivity index (χ3v) is 2.98. The van der Waals surface area contributed by atoms with Gasteiger partial charge in [-0.15, -0.1) is 11.8 Å². The first-order valence-electron chi connectivity index (χ1n) is 4.82. The van der Waals surface area contributed by atoms with Crippen molar-refractivity contribution in [3.63, 3.8) is 0 Å². The minimum atomic E-state index is -0.469. The van der Waals surface area contributed by atoms with Crippen molar-refractivity contribution in [1.29, 1.82) is 0 Å². The maximum absolute atomic E-state index is 10.5. The van der Waals surface area contributed by atoms with Gasteiger partial charge in [0, 0.05) is 23.3 Å². The molecule has 88 valence electrons. The average Bonchev–Trinajstić information content (AvgIpc) is 2.16. The molecule has 0 bridgehead atoms. The molecular weight excluding hydrogens is 226 g/mol. The predicted octanol–water partition coefficient (Wildman–Crippen LogP) is 1.83. The molecule has 1 aromatic carbocycles. The van der Waals surface area contributed by atoms with Crippen molar-refractivity contribution in [2.75, 3.05) is 32.1 Å². The van der Waals surface area contributed by atoms with E-state index < -0.39 is 4.92 Å². The number of nitrogens with zero attached hydrogens (tertiary/aromatic N) is 2. The van der Waals surface area contributed by atoms with Gasteiger partial charge in [0.1, 0.15) is 5.69 Å². The van der Waals surface area contributed by atoms with Crippen molar-refractivity contribution in [2.24, 2.45) is 0 Å². The van der Waals surface area contributed by atoms with Crippen LogP contribution in [0.3, 0.4) is 0 Å². The Morgan fingerprint density at radius 1 is 1.50 bits per heavy atom. The first-order chi connectivity index (χ1) is 7.50. The van der Waals surface area contributed by atoms with Crippen LogP contribution in [-0.2, 0) is 0 Å². The molecule has 0 amide bonds. The Morgan fingerprint density at radius 2 is 2.19 bits per heavy atom. The van der Waals surface area contributed by atoms with Crippen LogP contribution in [-0.4, -0.2) is 36.2 Å². The van der Waals surface area contributed by atoms with Crippen LogP contribution >= 0.6 is 11.8 Å². The molecule has 0 heterocycles. The summed E-state index contributed by atoms with van der Waals surface area (Å²) in [5, 5.41) is 10.5. The Morgan fingerprint density at radius 3 is 2.69 bits per heavy atom. The zero-order chi connectivity index (χ0) is 12.1. The van der Waals surface area contributed by atoms with Gasteiger partial charge >= 0.3 is 0 Å². The standard InChI is InChI=1S/C10H15N3O2S/c1-12(2)5-6-16-8-3-4-10(13(14)15)9(11)7-8/h3-4,7H,5-6,11H2,1-2H3. The molecule has 0 unspecified atom stereocenters. The van der Waals surface area contributed by atoms with Gasteiger partial charge in [0.05, 0.1) is 4.92 Å². The zero-order valence-corrected chi connectivity index (χ0v) is 10.2. The first kappa shape index (κ1) is 12.8. The number of benzene rings is 1. The maximum Gasteiger partial charge on any atom is 0.292 e. The molecule has 0 aliphatic rings. The van der Waals surface area contributed by atoms with E-state index in [4.69, 9.17) is 5.73 Å². The lowest BCUT2D eigenvalue weighted by atomic mass is 10.3. The van der Waals surface area contributed by atoms with Gasteiger partial charge < -0.3 is 10.6 Å². The predicted molar refractivity (Wildman–Crippen MR) is 66.8 cm³/mol. The van der Waals surface area contributed by atoms with Crippen LogP contribution in [0.15, 0.2) is 23.1 Å². The number of thioether (sulfide) groups is 1. The second-order valence-corrected chi connectivity index (χ2v) is 4.80. The molecular formula is C10H15N3O2S. The molecule has 1 rings (SSSR count). The molecule has 0 atom stereocenters. The van der Waals surface area contributed by atoms with E-state index in [-0.39, 0.29) is 11.4 Å². The minimum Gasteiger partial charge on any atom is -0.393 e. The Bertz CT molecular complexity index is 382. The second kappa shape index (κ2) is 5.72. The monoisotopic (exact) mass is 241 g/mol. The fraction of sp³-hybridized carbons (Fsp3) is 0.400. The van der Waals surface area contributed by atoms with Crippen molar-refractivity contribution >= 4 is 23.1 Å². The van der Waals surface area contributed by atoms with E-state index in [1.54, 1.807) is 23.9 Å². The largest absolute Gasteiger partial charge is 0.393 e. The van der Waals surface area contributed by atoms with Crippen molar-refractivity contribution in [3.8, 4) is 0 Å². The van der Waals surface area contributed by atoms with Crippen LogP contribution in [0.4, 0.5) is 11.4 Å². The highest BCUT2D eigenvalue weighted by atomic mass is 32.2. The molecule has 5 nitrogen and oxygen atoms in total. The summed E-state index contributed by atoms with van der Waals surface area (Å²) in [5.74, 6) is 0.935. The molecule has 1 aromatic rings. The lowest BCUT2D eigenvalue weighted by Crippen LogP contribution is -2.14. The van der Waals surface area contributed by atoms with Gasteiger partial charge in [-0.3, -0.25) is 10.1 Å². The van der Waals surface area contributed by atoms with Crippen molar-refractivity contribution in [2.45, 2.75) is 4.90 Å². The van der Waals surface area contributed by atoms with Crippen LogP contribution in [0.1, 0.15) is 0 Å². The molecule has 0 radical (unpaired) electrons. The summed E-state index contributed by atoms with van der Waals surface area (Å²) in [6.45, 7) is 0.960. The topological polar surface area (TPSA) is 72.4 Å². The smallest absolute Gasteiger partial charge is 0.292 e. The SMILES string of the molecule is CN(C)CCSc1ccc([N+](=O)[O-])c(N)c1. The molecule has 0 fully saturated rings. The highest BCUT2D eigenvalue weighted by Crippen LogP contribution is 2.27. The number of nitrogens with two attached hydrogens (primary N) is 1. The Balaban J connectivity index is 2.63. The molecule has 0 aliphatic heterocycles. The van der Waals surface area contributed by atoms with Gasteiger partial charge in [0.25, 0.3) is 5.69 Å². The third-order valence-electron chi connectivity index (χ3n) is 2.00. The zero-order valence-electron chi connectivity index (χ0n) is 9.34. The number of rotatable bonds is 5. The van der Waals surface area contributed by atoms with E-state index in [9.17, 15) is 10.1 Å². The minimum absolute atomic E-state index is 0.0306. The van der Waals surface area contributed by atoms with Gasteiger partial charge in [-0.1, -0.05) is 0 Å². The fourth-order valence-corrected chi connectivity index (χ4v) is 2.20. The summed E-state index contributed by atoms with van der Waals surface area (Å²) in [7, 11) is 4.01. The maximum atomic E-state index is 10.5. The molecule has 16 heavy (non-hydrogen) atoms. The van der Waals surface area contributed by atoms with Gasteiger partial charge in [-0.25, -0.2) is 0 Å². The summed E-state index contributed by atoms with van der Waals surface area (Å²) in [4.78, 5) is 13.1. The summed E-state index contributed by atoms with van der Waals surface area (Å²) in [5.41, 5.74) is 5.78. The van der Waals surface area contributed by atoms with Gasteiger partial charge in [-0.2, -0.15) is 0 Å². The number of hydrogen-bond acceptors (Lipinski definition) is 5. The quantitative estimate of drug-likeness (QED) is 0.368. The molecule has 0 saturated carbocycles. The molecule has 6 heteroatoms. The van der Waals surface area contributed by atoms with E-state index in [0.717, 1.165) is 17.2 Å². The Kier molecular flexibility index (Phi) is 4.57. The third kappa shape index (κ3) is 3.71. The molecule has 2 N–H and O–H groups in total. The van der Waals surface area contributed by atoms with E-state index >= 15 is 0 Å². The summed E-state index contributed by atoms with van der Waals surface area (Å²) in [6.07, 6.45) is 0. The van der Waals surface area contributed by atoms with Gasteiger partial charge in [0.2, 0.25) is 0 Å². The van der Waals surface area contributed by atoms with Crippen LogP contribution in [0.25, 0.3) is 0 Å². The van der Waals surface area contributed by atoms with Gasteiger partial charge in [0.15, 0.2) is 0 Å². The lowest BCUT2D eigenvalue weighted by molar-refractivity contribution is -0.383. The van der Waals surface area contributed by atoms with Crippen molar-refractivity contribution in [3.05, 3.63) is 28.3 Å². The first-order valence-corrected chi connectivity index (χ1v) is 5.80. The van der Waals surface area contributed by atoms with E-state index in [1.807, 2.05) is 14.1 Å². The average molecular weight is 241 g/mol. The Hall–Kier alpha value is -1.27. The summed E-state index contributed by atoms with van der Waals surface area (Å²) < 4.78 is 0. The molecule has 0 saturated heterocycles. The fourth-order valence-electron chi connectivity index (χ4n) is 1.13. The molecule has 0 aromatic heterocycles. The molecule has 0 aliphatic carbocycles. The second-order valence-electron chi connectivity index (χ2n) is 3.63. The number of nitro groups is 1. The Labute approximate surface area is 98.8 Å². The molecule has 0 spiro atoms. The van der Waals surface area contributed by atoms with Crippen LogP contribution in [0.2, 0.25) is 0 Å². The number of nitro benzene ring substituents is 1. The lowest BCUT2D eigenvalue weighted by Gasteiger charge is -2.08. The normalized spacial score (nSPS) is 10.7. The van der Waals surface area contributed by atoms with Crippen molar-refractivity contribution in [1.82, 2.24) is 4.90 Å². The van der Waals surface area contributed by atoms with E-state index in [0.29, 0.717) is 0 Å². The summed E-state index contributed by atoms with van der Waals surface area (Å²) >= 11 is 1.64. The van der Waals surface area contributed by atoms with E-state index in [1.165, 1.54) is 6.07 Å². The van der Waals surface area contributed by atoms with Gasteiger partial charge in [-0.05, 0) is 26.2 Å². The number of anilines is 1. The highest BCUT2D eigenvalue weighted by Gasteiger charge is 2.10. The number of nitrogen functional groups attached to an aromatic ring is 1. The van der Waals surface area contributed by atoms with Crippen LogP contribution < -0.4 is 5.73 Å². The summed E-state index contributed by atoms with van der Waals surface area (Å²) in [6, 6.07) is 4.83. The van der Waals surface area contributed by atoms with Crippen LogP contribution in [0.5, 0.6) is 0 Å². The van der Waals surface area contributed by atoms with Crippen LogP contribution in [0, 0.1) is 10.1 Å². The van der Waals surface area contributed by atoms with Crippen molar-refractivity contribution < 1.29 is 4.92 Å². The highest BCUT2D eigenvalue weighted by molar-refractivity contribution is 7.99. The number of hydrogen-bond donors (Lipinski definition) is 1. The van der Waals surface area contributed by atoms with E-state index in [2.05, 4.69) is 4.90 Å².